The molecule has 0 saturated heterocycles. The standard InChI is InChI=1S/C18H17ClINO2/c1-12(15-7-3-4-11-21-15)18(22)17-13-6-5-10-20(19)14(13)8-9-16(17)23-2/h3-9,11-12H,10H2,1-2H3. The number of halogens is 2. The second kappa shape index (κ2) is 7.01. The van der Waals surface area contributed by atoms with Crippen LogP contribution in [-0.2, 0) is 0 Å². The number of methoxy groups -OCH3 is 1. The van der Waals surface area contributed by atoms with Crippen molar-refractivity contribution in [1.82, 2.24) is 4.98 Å². The van der Waals surface area contributed by atoms with Crippen LogP contribution in [0.4, 0.5) is 0 Å². The van der Waals surface area contributed by atoms with Crippen LogP contribution in [0.25, 0.3) is 6.08 Å². The number of hydrogen-bond donors (Lipinski definition) is 0. The summed E-state index contributed by atoms with van der Waals surface area (Å²) in [5.41, 5.74) is 2.32. The first-order chi connectivity index (χ1) is 11.1. The minimum absolute atomic E-state index is 0.0184. The molecule has 0 bridgehead atoms. The second-order valence-electron chi connectivity index (χ2n) is 5.24. The molecule has 1 unspecified atom stereocenters. The minimum atomic E-state index is -1.72. The van der Waals surface area contributed by atoms with Gasteiger partial charge in [0.05, 0.1) is 0 Å². The third-order valence-corrected chi connectivity index (χ3v) is 9.17. The average Bonchev–Trinajstić information content (AvgIpc) is 2.60. The van der Waals surface area contributed by atoms with E-state index in [1.807, 2.05) is 43.3 Å². The van der Waals surface area contributed by atoms with Crippen molar-refractivity contribution in [3.8, 4) is 5.75 Å². The van der Waals surface area contributed by atoms with Crippen LogP contribution in [0.2, 0.25) is 0 Å². The Hall–Kier alpha value is -1.40. The van der Waals surface area contributed by atoms with Crippen LogP contribution in [0, 0.1) is 3.57 Å². The van der Waals surface area contributed by atoms with E-state index in [1.165, 1.54) is 0 Å². The fourth-order valence-electron chi connectivity index (χ4n) is 2.65. The molecule has 0 N–H and O–H groups in total. The molecule has 3 rings (SSSR count). The Kier molecular flexibility index (Phi) is 5.02. The molecule has 120 valence electrons. The summed E-state index contributed by atoms with van der Waals surface area (Å²) in [6, 6.07) is 9.49. The summed E-state index contributed by atoms with van der Waals surface area (Å²) in [4.78, 5) is 17.4. The molecule has 1 aromatic heterocycles. The molecule has 0 amide bonds. The van der Waals surface area contributed by atoms with Crippen molar-refractivity contribution < 1.29 is 9.53 Å². The van der Waals surface area contributed by atoms with Gasteiger partial charge in [-0.25, -0.2) is 0 Å². The Balaban J connectivity index is 2.10. The van der Waals surface area contributed by atoms with Crippen molar-refractivity contribution in [2.75, 3.05) is 11.5 Å². The van der Waals surface area contributed by atoms with Gasteiger partial charge in [-0.3, -0.25) is 0 Å². The third kappa shape index (κ3) is 3.15. The predicted octanol–water partition coefficient (Wildman–Crippen LogP) is 4.93. The summed E-state index contributed by atoms with van der Waals surface area (Å²) in [6.07, 6.45) is 5.79. The molecule has 1 atom stereocenters. The number of pyridine rings is 1. The molecule has 23 heavy (non-hydrogen) atoms. The Labute approximate surface area is 146 Å². The molecule has 0 fully saturated rings. The summed E-state index contributed by atoms with van der Waals surface area (Å²) in [7, 11) is 8.15. The molecule has 5 heteroatoms. The van der Waals surface area contributed by atoms with Crippen molar-refractivity contribution >= 4 is 39.5 Å². The van der Waals surface area contributed by atoms with E-state index in [0.29, 0.717) is 11.3 Å². The Morgan fingerprint density at radius 1 is 1.35 bits per heavy atom. The van der Waals surface area contributed by atoms with E-state index in [-0.39, 0.29) is 11.7 Å². The number of fused-ring (bicyclic) bond motifs is 1. The van der Waals surface area contributed by atoms with Crippen molar-refractivity contribution in [2.45, 2.75) is 12.8 Å². The van der Waals surface area contributed by atoms with Crippen LogP contribution < -0.4 is 4.74 Å². The normalized spacial score (nSPS) is 15.9. The van der Waals surface area contributed by atoms with Crippen molar-refractivity contribution in [3.63, 3.8) is 0 Å². The number of aromatic nitrogens is 1. The summed E-state index contributed by atoms with van der Waals surface area (Å²) < 4.78 is 7.51. The van der Waals surface area contributed by atoms with Crippen LogP contribution >= 0.6 is 27.6 Å². The first-order valence-corrected chi connectivity index (χ1v) is 12.6. The molecule has 2 heterocycles. The molecule has 3 nitrogen and oxygen atoms in total. The number of ketones is 1. The van der Waals surface area contributed by atoms with E-state index >= 15 is 0 Å². The van der Waals surface area contributed by atoms with Gasteiger partial charge in [0.15, 0.2) is 0 Å². The maximum atomic E-state index is 13.1. The average molecular weight is 442 g/mol. The summed E-state index contributed by atoms with van der Waals surface area (Å²) in [5.74, 6) is 0.290. The van der Waals surface area contributed by atoms with Crippen LogP contribution in [0.5, 0.6) is 5.75 Å². The number of benzene rings is 1. The van der Waals surface area contributed by atoms with E-state index in [1.54, 1.807) is 13.3 Å². The van der Waals surface area contributed by atoms with Gasteiger partial charge in [0.2, 0.25) is 0 Å². The fourth-order valence-corrected chi connectivity index (χ4v) is 6.76. The number of hydrogen-bond acceptors (Lipinski definition) is 3. The summed E-state index contributed by atoms with van der Waals surface area (Å²) >= 11 is -1.72. The van der Waals surface area contributed by atoms with E-state index in [0.717, 1.165) is 19.3 Å². The van der Waals surface area contributed by atoms with Crippen LogP contribution in [-0.4, -0.2) is 22.3 Å². The number of ether oxygens (including phenoxy) is 1. The number of carbonyl (C=O) groups is 1. The molecule has 1 aromatic carbocycles. The van der Waals surface area contributed by atoms with Gasteiger partial charge in [-0.2, -0.15) is 0 Å². The zero-order valence-corrected chi connectivity index (χ0v) is 15.8. The Morgan fingerprint density at radius 3 is 2.87 bits per heavy atom. The van der Waals surface area contributed by atoms with Gasteiger partial charge in [0.1, 0.15) is 0 Å². The number of allylic oxidation sites excluding steroid dienone is 1. The number of rotatable bonds is 4. The molecule has 1 aliphatic heterocycles. The van der Waals surface area contributed by atoms with Gasteiger partial charge in [0.25, 0.3) is 0 Å². The number of Topliss-reactive ketones (excluding diaryl/α,β-unsaturated/α-hetero) is 1. The molecule has 0 radical (unpaired) electrons. The van der Waals surface area contributed by atoms with E-state index in [9.17, 15) is 4.79 Å². The van der Waals surface area contributed by atoms with Gasteiger partial charge < -0.3 is 0 Å². The first kappa shape index (κ1) is 16.5. The van der Waals surface area contributed by atoms with Crippen LogP contribution in [0.1, 0.15) is 34.5 Å². The number of alkyl halides is 1. The van der Waals surface area contributed by atoms with Crippen molar-refractivity contribution in [1.29, 1.82) is 0 Å². The molecule has 1 aliphatic rings. The molecule has 0 spiro atoms. The van der Waals surface area contributed by atoms with Crippen LogP contribution in [0.15, 0.2) is 42.6 Å². The van der Waals surface area contributed by atoms with Gasteiger partial charge >= 0.3 is 147 Å². The Morgan fingerprint density at radius 2 is 2.17 bits per heavy atom. The zero-order valence-electron chi connectivity index (χ0n) is 12.9. The quantitative estimate of drug-likeness (QED) is 0.383. The monoisotopic (exact) mass is 441 g/mol. The molecular formula is C18H17ClINO2. The van der Waals surface area contributed by atoms with Gasteiger partial charge in [-0.05, 0) is 0 Å². The SMILES string of the molecule is COc1ccc2c(c1C(=O)C(C)c1ccccn1)C=CCI2Cl. The molecule has 2 aromatic rings. The van der Waals surface area contributed by atoms with Gasteiger partial charge in [0, 0.05) is 0 Å². The summed E-state index contributed by atoms with van der Waals surface area (Å²) in [5, 5.41) is 0. The first-order valence-electron chi connectivity index (χ1n) is 7.28. The second-order valence-corrected chi connectivity index (χ2v) is 11.3. The van der Waals surface area contributed by atoms with Crippen molar-refractivity contribution in [2.24, 2.45) is 0 Å². The topological polar surface area (TPSA) is 39.2 Å². The Bertz CT molecular complexity index is 761. The van der Waals surface area contributed by atoms with Gasteiger partial charge in [-0.1, -0.05) is 0 Å². The summed E-state index contributed by atoms with van der Waals surface area (Å²) in [6.45, 7) is 1.88. The maximum absolute atomic E-state index is 13.1. The van der Waals surface area contributed by atoms with Crippen molar-refractivity contribution in [3.05, 3.63) is 63.0 Å². The molecule has 0 saturated carbocycles. The molecular weight excluding hydrogens is 425 g/mol. The number of nitrogens with zero attached hydrogens (tertiary/aromatic N) is 1. The molecule has 0 aliphatic carbocycles. The van der Waals surface area contributed by atoms with Crippen LogP contribution in [0.3, 0.4) is 0 Å². The van der Waals surface area contributed by atoms with Gasteiger partial charge in [-0.15, -0.1) is 0 Å². The zero-order chi connectivity index (χ0) is 16.4. The van der Waals surface area contributed by atoms with E-state index in [2.05, 4.69) is 11.1 Å². The number of carbonyl (C=O) groups excluding carboxylic acids is 1. The van der Waals surface area contributed by atoms with E-state index in [4.69, 9.17) is 13.6 Å². The third-order valence-electron chi connectivity index (χ3n) is 3.88. The van der Waals surface area contributed by atoms with E-state index < -0.39 is 18.7 Å². The fraction of sp³-hybridized carbons (Fsp3) is 0.222. The predicted molar refractivity (Wildman–Crippen MR) is 102 cm³/mol.